The molecule has 2 aromatic carbocycles. The third-order valence-electron chi connectivity index (χ3n) is 11.9. The van der Waals surface area contributed by atoms with Crippen LogP contribution in [0.4, 0.5) is 4.79 Å². The molecule has 3 fully saturated rings. The molecule has 6 atom stereocenters. The van der Waals surface area contributed by atoms with Gasteiger partial charge in [0.15, 0.2) is 0 Å². The molecule has 4 heterocycles. The number of fused-ring (bicyclic) bond motifs is 2. The van der Waals surface area contributed by atoms with Crippen molar-refractivity contribution < 1.29 is 19.1 Å². The van der Waals surface area contributed by atoms with Crippen molar-refractivity contribution in [3.8, 4) is 33.6 Å². The number of amides is 3. The first-order valence-corrected chi connectivity index (χ1v) is 19.4. The largest absolute Gasteiger partial charge is 0.453 e. The number of hydrogen-bond donors (Lipinski definition) is 4. The summed E-state index contributed by atoms with van der Waals surface area (Å²) in [5, 5.41) is 5.88. The number of carbonyl (C=O) groups is 3. The smallest absolute Gasteiger partial charge is 0.407 e. The highest BCUT2D eigenvalue weighted by atomic mass is 16.5. The van der Waals surface area contributed by atoms with Crippen LogP contribution in [0.15, 0.2) is 85.5 Å². The summed E-state index contributed by atoms with van der Waals surface area (Å²) in [5.41, 5.74) is 7.06. The molecule has 4 N–H and O–H groups in total. The monoisotopic (exact) mass is 740 g/mol. The summed E-state index contributed by atoms with van der Waals surface area (Å²) in [6, 6.07) is 19.8. The standard InChI is InChI=1S/C43H48N8O4/c1-25(2)38(50-43(54)55-3)42(53)51-19-5-7-35(51)39-45-23-33(48-39)29-12-8-27(9-13-29)28-10-14-30(15-11-28)34-24-46-40(49-34)36-31-16-17-32(20-31)37(36)41(52)47-22-26-6-4-18-44-21-26/h4,6,8-15,18,21,23-25,31-32,35-38H,5,7,16-17,19-20,22H2,1-3H3,(H,45,48)(H,46,49)(H,47,52)(H,50,54)/t31-,32+,35-,36+,37+,38?/m0/s1. The van der Waals surface area contributed by atoms with Gasteiger partial charge in [-0.05, 0) is 83.7 Å². The fraction of sp³-hybridized carbons (Fsp3) is 0.395. The molecule has 1 aliphatic heterocycles. The van der Waals surface area contributed by atoms with Crippen molar-refractivity contribution in [2.24, 2.45) is 23.7 Å². The normalized spacial score (nSPS) is 22.2. The molecule has 12 heteroatoms. The molecular formula is C43H48N8O4. The van der Waals surface area contributed by atoms with E-state index in [0.29, 0.717) is 24.9 Å². The second-order valence-corrected chi connectivity index (χ2v) is 15.5. The molecule has 12 nitrogen and oxygen atoms in total. The van der Waals surface area contributed by atoms with E-state index in [1.165, 1.54) is 7.11 Å². The first-order chi connectivity index (χ1) is 26.8. The van der Waals surface area contributed by atoms with Gasteiger partial charge in [0, 0.05) is 31.4 Å². The summed E-state index contributed by atoms with van der Waals surface area (Å²) >= 11 is 0. The van der Waals surface area contributed by atoms with Crippen LogP contribution in [0.2, 0.25) is 0 Å². The molecule has 2 saturated carbocycles. The van der Waals surface area contributed by atoms with E-state index in [-0.39, 0.29) is 35.6 Å². The number of ether oxygens (including phenoxy) is 1. The summed E-state index contributed by atoms with van der Waals surface area (Å²) < 4.78 is 4.76. The summed E-state index contributed by atoms with van der Waals surface area (Å²) in [6.07, 6.45) is 11.6. The number of benzene rings is 2. The summed E-state index contributed by atoms with van der Waals surface area (Å²) in [7, 11) is 1.30. The Balaban J connectivity index is 0.918. The summed E-state index contributed by atoms with van der Waals surface area (Å²) in [4.78, 5) is 61.6. The second kappa shape index (κ2) is 15.5. The molecule has 8 rings (SSSR count). The average Bonchev–Trinajstić information content (AvgIpc) is 4.07. The number of rotatable bonds is 11. The molecule has 3 amide bonds. The number of aromatic nitrogens is 5. The lowest BCUT2D eigenvalue weighted by atomic mass is 9.78. The molecular weight excluding hydrogens is 693 g/mol. The Labute approximate surface area is 320 Å². The molecule has 0 radical (unpaired) electrons. The van der Waals surface area contributed by atoms with Gasteiger partial charge < -0.3 is 30.2 Å². The van der Waals surface area contributed by atoms with E-state index in [9.17, 15) is 14.4 Å². The van der Waals surface area contributed by atoms with Gasteiger partial charge in [-0.25, -0.2) is 14.8 Å². The molecule has 1 saturated heterocycles. The van der Waals surface area contributed by atoms with Crippen molar-refractivity contribution in [1.29, 1.82) is 0 Å². The van der Waals surface area contributed by atoms with Gasteiger partial charge in [-0.15, -0.1) is 0 Å². The van der Waals surface area contributed by atoms with Crippen LogP contribution in [0.5, 0.6) is 0 Å². The number of methoxy groups -OCH3 is 1. The van der Waals surface area contributed by atoms with Gasteiger partial charge in [-0.3, -0.25) is 14.6 Å². The topological polar surface area (TPSA) is 158 Å². The van der Waals surface area contributed by atoms with Crippen LogP contribution in [-0.4, -0.2) is 67.4 Å². The van der Waals surface area contributed by atoms with Gasteiger partial charge in [0.05, 0.1) is 42.9 Å². The number of carbonyl (C=O) groups excluding carboxylic acids is 3. The third kappa shape index (κ3) is 7.37. The lowest BCUT2D eigenvalue weighted by Gasteiger charge is -2.30. The number of aromatic amines is 2. The van der Waals surface area contributed by atoms with Crippen molar-refractivity contribution in [3.05, 3.63) is 103 Å². The highest BCUT2D eigenvalue weighted by Gasteiger charge is 2.52. The van der Waals surface area contributed by atoms with E-state index in [1.807, 2.05) is 43.3 Å². The lowest BCUT2D eigenvalue weighted by molar-refractivity contribution is -0.135. The first kappa shape index (κ1) is 36.2. The summed E-state index contributed by atoms with van der Waals surface area (Å²) in [5.74, 6) is 2.42. The van der Waals surface area contributed by atoms with Crippen molar-refractivity contribution in [2.45, 2.75) is 70.5 Å². The Morgan fingerprint density at radius 1 is 0.836 bits per heavy atom. The fourth-order valence-corrected chi connectivity index (χ4v) is 9.05. The maximum atomic E-state index is 13.5. The molecule has 1 unspecified atom stereocenters. The molecule has 55 heavy (non-hydrogen) atoms. The van der Waals surface area contributed by atoms with E-state index >= 15 is 0 Å². The fourth-order valence-electron chi connectivity index (χ4n) is 9.05. The minimum atomic E-state index is -0.676. The lowest BCUT2D eigenvalue weighted by Crippen LogP contribution is -2.51. The number of imidazole rings is 2. The highest BCUT2D eigenvalue weighted by molar-refractivity contribution is 5.86. The van der Waals surface area contributed by atoms with Gasteiger partial charge >= 0.3 is 6.09 Å². The van der Waals surface area contributed by atoms with Crippen LogP contribution in [-0.2, 0) is 20.9 Å². The maximum absolute atomic E-state index is 13.5. The predicted octanol–water partition coefficient (Wildman–Crippen LogP) is 7.02. The Kier molecular flexibility index (Phi) is 10.2. The van der Waals surface area contributed by atoms with Crippen molar-refractivity contribution in [2.75, 3.05) is 13.7 Å². The number of alkyl carbamates (subject to hydrolysis) is 1. The second-order valence-electron chi connectivity index (χ2n) is 15.5. The number of pyridine rings is 1. The zero-order valence-electron chi connectivity index (χ0n) is 31.5. The van der Waals surface area contributed by atoms with Crippen molar-refractivity contribution in [3.63, 3.8) is 0 Å². The quantitative estimate of drug-likeness (QED) is 0.113. The van der Waals surface area contributed by atoms with Gasteiger partial charge in [-0.2, -0.15) is 0 Å². The Hall–Kier alpha value is -5.78. The SMILES string of the molecule is COC(=O)NC(C(=O)N1CCC[C@H]1c1ncc(-c2ccc(-c3ccc(-c4cnc([C@@H]5[C@H]6CC[C@H](C6)[C@H]5C(=O)NCc5cccnc5)[nH]4)cc3)cc2)[nH]1)C(C)C. The number of likely N-dealkylation sites (tertiary alicyclic amines) is 1. The van der Waals surface area contributed by atoms with Crippen molar-refractivity contribution in [1.82, 2.24) is 40.5 Å². The van der Waals surface area contributed by atoms with Crippen LogP contribution in [0.3, 0.4) is 0 Å². The number of nitrogens with one attached hydrogen (secondary N) is 4. The van der Waals surface area contributed by atoms with Crippen LogP contribution < -0.4 is 10.6 Å². The number of nitrogens with zero attached hydrogens (tertiary/aromatic N) is 4. The molecule has 3 aromatic heterocycles. The molecule has 0 spiro atoms. The van der Waals surface area contributed by atoms with Gasteiger partial charge in [0.2, 0.25) is 11.8 Å². The molecule has 5 aromatic rings. The van der Waals surface area contributed by atoms with E-state index in [4.69, 9.17) is 9.72 Å². The van der Waals surface area contributed by atoms with E-state index in [0.717, 1.165) is 83.0 Å². The van der Waals surface area contributed by atoms with Gasteiger partial charge in [0.1, 0.15) is 17.7 Å². The Bertz CT molecular complexity index is 2130. The minimum Gasteiger partial charge on any atom is -0.453 e. The first-order valence-electron chi connectivity index (χ1n) is 19.4. The molecule has 2 bridgehead atoms. The van der Waals surface area contributed by atoms with E-state index in [1.54, 1.807) is 12.4 Å². The van der Waals surface area contributed by atoms with Crippen LogP contribution in [0.25, 0.3) is 33.6 Å². The maximum Gasteiger partial charge on any atom is 0.407 e. The zero-order valence-corrected chi connectivity index (χ0v) is 31.5. The van der Waals surface area contributed by atoms with Crippen LogP contribution in [0.1, 0.15) is 75.1 Å². The predicted molar refractivity (Wildman–Crippen MR) is 208 cm³/mol. The van der Waals surface area contributed by atoms with Crippen molar-refractivity contribution >= 4 is 17.9 Å². The van der Waals surface area contributed by atoms with Crippen LogP contribution >= 0.6 is 0 Å². The highest BCUT2D eigenvalue weighted by Crippen LogP contribution is 2.56. The number of hydrogen-bond acceptors (Lipinski definition) is 7. The Morgan fingerprint density at radius 3 is 2.11 bits per heavy atom. The van der Waals surface area contributed by atoms with Crippen LogP contribution in [0, 0.1) is 23.7 Å². The average molecular weight is 741 g/mol. The minimum absolute atomic E-state index is 0.0750. The Morgan fingerprint density at radius 2 is 1.47 bits per heavy atom. The van der Waals surface area contributed by atoms with Gasteiger partial charge in [-0.1, -0.05) is 68.4 Å². The number of H-pyrrole nitrogens is 2. The molecule has 284 valence electrons. The van der Waals surface area contributed by atoms with Gasteiger partial charge in [0.25, 0.3) is 0 Å². The summed E-state index contributed by atoms with van der Waals surface area (Å²) in [6.45, 7) is 4.91. The molecule has 3 aliphatic rings. The zero-order chi connectivity index (χ0) is 38.1. The van der Waals surface area contributed by atoms with E-state index in [2.05, 4.69) is 79.1 Å². The van der Waals surface area contributed by atoms with E-state index < -0.39 is 12.1 Å². The molecule has 2 aliphatic carbocycles. The third-order valence-corrected chi connectivity index (χ3v) is 11.9.